The van der Waals surface area contributed by atoms with E-state index in [1.54, 1.807) is 49.5 Å². The number of carboxylic acid groups (broad SMARTS) is 1. The summed E-state index contributed by atoms with van der Waals surface area (Å²) in [5, 5.41) is 17.4. The third-order valence-corrected chi connectivity index (χ3v) is 5.98. The quantitative estimate of drug-likeness (QED) is 0.303. The lowest BCUT2D eigenvalue weighted by Crippen LogP contribution is -2.31. The van der Waals surface area contributed by atoms with Gasteiger partial charge in [-0.3, -0.25) is 19.3 Å². The van der Waals surface area contributed by atoms with Crippen LogP contribution in [0.4, 0.5) is 21.9 Å². The number of rotatable bonds is 10. The molecule has 204 valence electrons. The first-order valence-electron chi connectivity index (χ1n) is 12.2. The van der Waals surface area contributed by atoms with Crippen LogP contribution in [-0.2, 0) is 20.8 Å². The number of hydrogen-bond acceptors (Lipinski definition) is 5. The van der Waals surface area contributed by atoms with E-state index in [4.69, 9.17) is 4.74 Å². The lowest BCUT2D eigenvalue weighted by Gasteiger charge is -2.21. The molecule has 3 rings (SSSR count). The van der Waals surface area contributed by atoms with Crippen molar-refractivity contribution in [3.8, 4) is 5.75 Å². The molecule has 0 aliphatic rings. The van der Waals surface area contributed by atoms with Crippen LogP contribution in [0.1, 0.15) is 36.1 Å². The number of carbonyl (C=O) groups is 4. The summed E-state index contributed by atoms with van der Waals surface area (Å²) < 4.78 is 5.45. The van der Waals surface area contributed by atoms with E-state index in [1.165, 1.54) is 18.9 Å². The van der Waals surface area contributed by atoms with E-state index in [9.17, 15) is 24.3 Å². The number of carboxylic acids is 1. The van der Waals surface area contributed by atoms with Crippen molar-refractivity contribution < 1.29 is 29.0 Å². The number of para-hydroxylation sites is 1. The Morgan fingerprint density at radius 3 is 2.38 bits per heavy atom. The number of anilines is 3. The molecular formula is C29H32N4O6. The molecule has 1 unspecified atom stereocenters. The number of ether oxygens (including phenoxy) is 1. The van der Waals surface area contributed by atoms with Crippen molar-refractivity contribution in [2.45, 2.75) is 32.7 Å². The number of amides is 4. The van der Waals surface area contributed by atoms with E-state index in [-0.39, 0.29) is 30.7 Å². The van der Waals surface area contributed by atoms with Crippen LogP contribution in [0, 0.1) is 6.92 Å². The molecule has 4 amide bonds. The molecule has 3 aromatic carbocycles. The van der Waals surface area contributed by atoms with Crippen molar-refractivity contribution in [1.82, 2.24) is 5.32 Å². The molecule has 0 bridgehead atoms. The number of hydrogen-bond donors (Lipinski definition) is 4. The fraction of sp³-hybridized carbons (Fsp3) is 0.241. The van der Waals surface area contributed by atoms with Gasteiger partial charge in [-0.05, 0) is 53.9 Å². The predicted octanol–water partition coefficient (Wildman–Crippen LogP) is 4.51. The molecule has 0 aliphatic heterocycles. The number of methoxy groups -OCH3 is 1. The second-order valence-corrected chi connectivity index (χ2v) is 9.01. The average molecular weight is 533 g/mol. The molecule has 4 N–H and O–H groups in total. The highest BCUT2D eigenvalue weighted by Gasteiger charge is 2.18. The van der Waals surface area contributed by atoms with Gasteiger partial charge in [0.2, 0.25) is 11.8 Å². The smallest absolute Gasteiger partial charge is 0.326 e. The van der Waals surface area contributed by atoms with Crippen LogP contribution in [0.15, 0.2) is 66.7 Å². The van der Waals surface area contributed by atoms with Gasteiger partial charge in [0.05, 0.1) is 31.7 Å². The number of urea groups is 1. The summed E-state index contributed by atoms with van der Waals surface area (Å²) in [5.74, 6) is -1.31. The molecule has 0 aliphatic carbocycles. The zero-order valence-electron chi connectivity index (χ0n) is 22.3. The van der Waals surface area contributed by atoms with Crippen LogP contribution in [-0.4, -0.2) is 43.1 Å². The number of carbonyl (C=O) groups excluding carboxylic acids is 3. The largest absolute Gasteiger partial charge is 0.495 e. The number of aryl methyl sites for hydroxylation is 1. The molecule has 0 heterocycles. The number of benzene rings is 3. The van der Waals surface area contributed by atoms with Crippen molar-refractivity contribution in [1.29, 1.82) is 0 Å². The zero-order valence-corrected chi connectivity index (χ0v) is 22.3. The Balaban J connectivity index is 1.68. The highest BCUT2D eigenvalue weighted by atomic mass is 16.5. The van der Waals surface area contributed by atoms with Gasteiger partial charge in [0, 0.05) is 25.3 Å². The first-order chi connectivity index (χ1) is 18.6. The molecule has 3 aromatic rings. The average Bonchev–Trinajstić information content (AvgIpc) is 2.88. The topological polar surface area (TPSA) is 137 Å². The van der Waals surface area contributed by atoms with Crippen molar-refractivity contribution in [2.24, 2.45) is 0 Å². The van der Waals surface area contributed by atoms with E-state index >= 15 is 0 Å². The standard InChI is InChI=1S/C29H32N4O6/c1-18-8-5-6-11-25(18)33(3)29(38)32-23-13-12-20(14-26(23)39-4)15-27(35)31-22-10-7-9-21(16-22)24(17-28(36)37)30-19(2)34/h5-14,16,24H,15,17H2,1-4H3,(H,30,34)(H,31,35)(H,32,38)(H,36,37). The lowest BCUT2D eigenvalue weighted by molar-refractivity contribution is -0.137. The zero-order chi connectivity index (χ0) is 28.5. The van der Waals surface area contributed by atoms with Crippen molar-refractivity contribution >= 4 is 40.9 Å². The van der Waals surface area contributed by atoms with Crippen LogP contribution in [0.25, 0.3) is 0 Å². The monoisotopic (exact) mass is 532 g/mol. The van der Waals surface area contributed by atoms with E-state index in [2.05, 4.69) is 16.0 Å². The third-order valence-electron chi connectivity index (χ3n) is 5.98. The van der Waals surface area contributed by atoms with Gasteiger partial charge < -0.3 is 25.8 Å². The van der Waals surface area contributed by atoms with Crippen LogP contribution >= 0.6 is 0 Å². The summed E-state index contributed by atoms with van der Waals surface area (Å²) in [6.45, 7) is 3.24. The minimum Gasteiger partial charge on any atom is -0.495 e. The Hall–Kier alpha value is -4.86. The summed E-state index contributed by atoms with van der Waals surface area (Å²) in [5.41, 5.74) is 3.88. The summed E-state index contributed by atoms with van der Waals surface area (Å²) in [7, 11) is 3.16. The molecule has 10 heteroatoms. The molecule has 10 nitrogen and oxygen atoms in total. The normalized spacial score (nSPS) is 11.2. The molecule has 1 atom stereocenters. The van der Waals surface area contributed by atoms with E-state index in [0.717, 1.165) is 11.3 Å². The molecule has 0 fully saturated rings. The van der Waals surface area contributed by atoms with Crippen LogP contribution in [0.3, 0.4) is 0 Å². The summed E-state index contributed by atoms with van der Waals surface area (Å²) in [6.07, 6.45) is -0.261. The molecule has 0 radical (unpaired) electrons. The minimum absolute atomic E-state index is 0.0299. The Labute approximate surface area is 227 Å². The second kappa shape index (κ2) is 13.1. The Bertz CT molecular complexity index is 1360. The first kappa shape index (κ1) is 28.7. The van der Waals surface area contributed by atoms with E-state index in [0.29, 0.717) is 28.3 Å². The van der Waals surface area contributed by atoms with Crippen molar-refractivity contribution in [2.75, 3.05) is 29.7 Å². The Morgan fingerprint density at radius 2 is 1.72 bits per heavy atom. The van der Waals surface area contributed by atoms with Gasteiger partial charge in [0.1, 0.15) is 5.75 Å². The van der Waals surface area contributed by atoms with Crippen LogP contribution in [0.5, 0.6) is 5.75 Å². The maximum Gasteiger partial charge on any atom is 0.326 e. The molecule has 0 saturated heterocycles. The first-order valence-corrected chi connectivity index (χ1v) is 12.2. The van der Waals surface area contributed by atoms with Gasteiger partial charge in [-0.25, -0.2) is 4.79 Å². The van der Waals surface area contributed by atoms with Gasteiger partial charge in [-0.1, -0.05) is 36.4 Å². The fourth-order valence-electron chi connectivity index (χ4n) is 4.09. The Morgan fingerprint density at radius 1 is 0.974 bits per heavy atom. The van der Waals surface area contributed by atoms with Gasteiger partial charge in [0.25, 0.3) is 0 Å². The molecule has 0 spiro atoms. The summed E-state index contributed by atoms with van der Waals surface area (Å²) in [4.78, 5) is 49.8. The highest BCUT2D eigenvalue weighted by Crippen LogP contribution is 2.28. The third kappa shape index (κ3) is 8.06. The number of aliphatic carboxylic acids is 1. The van der Waals surface area contributed by atoms with Crippen LogP contribution < -0.4 is 25.6 Å². The molecular weight excluding hydrogens is 500 g/mol. The van der Waals surface area contributed by atoms with Gasteiger partial charge in [-0.15, -0.1) is 0 Å². The lowest BCUT2D eigenvalue weighted by atomic mass is 10.0. The summed E-state index contributed by atoms with van der Waals surface area (Å²) in [6, 6.07) is 18.2. The van der Waals surface area contributed by atoms with E-state index < -0.39 is 12.0 Å². The summed E-state index contributed by atoms with van der Waals surface area (Å²) >= 11 is 0. The minimum atomic E-state index is -1.06. The molecule has 0 aromatic heterocycles. The SMILES string of the molecule is COc1cc(CC(=O)Nc2cccc(C(CC(=O)O)NC(C)=O)c2)ccc1NC(=O)N(C)c1ccccc1C. The fourth-order valence-corrected chi connectivity index (χ4v) is 4.09. The van der Waals surface area contributed by atoms with Crippen LogP contribution in [0.2, 0.25) is 0 Å². The molecule has 39 heavy (non-hydrogen) atoms. The number of nitrogens with one attached hydrogen (secondary N) is 3. The van der Waals surface area contributed by atoms with E-state index in [1.807, 2.05) is 31.2 Å². The molecule has 0 saturated carbocycles. The van der Waals surface area contributed by atoms with Gasteiger partial charge >= 0.3 is 12.0 Å². The Kier molecular flexibility index (Phi) is 9.63. The second-order valence-electron chi connectivity index (χ2n) is 9.01. The maximum atomic E-state index is 12.8. The van der Waals surface area contributed by atoms with Gasteiger partial charge in [0.15, 0.2) is 0 Å². The maximum absolute atomic E-state index is 12.8. The predicted molar refractivity (Wildman–Crippen MR) is 149 cm³/mol. The van der Waals surface area contributed by atoms with Crippen molar-refractivity contribution in [3.05, 3.63) is 83.4 Å². The van der Waals surface area contributed by atoms with Crippen molar-refractivity contribution in [3.63, 3.8) is 0 Å². The highest BCUT2D eigenvalue weighted by molar-refractivity contribution is 6.02. The number of nitrogens with zero attached hydrogens (tertiary/aromatic N) is 1. The van der Waals surface area contributed by atoms with Gasteiger partial charge in [-0.2, -0.15) is 0 Å².